The maximum Gasteiger partial charge on any atom is 0.0481 e. The quantitative estimate of drug-likeness (QED) is 0.915. The Kier molecular flexibility index (Phi) is 4.57. The van der Waals surface area contributed by atoms with Gasteiger partial charge in [-0.05, 0) is 51.4 Å². The number of aromatic nitrogens is 1. The average Bonchev–Trinajstić information content (AvgIpc) is 2.50. The van der Waals surface area contributed by atoms with E-state index < -0.39 is 0 Å². The van der Waals surface area contributed by atoms with E-state index in [0.717, 1.165) is 26.1 Å². The zero-order chi connectivity index (χ0) is 14.8. The number of nitrogens with zero attached hydrogens (tertiary/aromatic N) is 3. The molecular formula is C17H28N4. The van der Waals surface area contributed by atoms with Crippen LogP contribution in [0, 0.1) is 0 Å². The van der Waals surface area contributed by atoms with Crippen LogP contribution in [0.4, 0.5) is 0 Å². The van der Waals surface area contributed by atoms with Crippen LogP contribution in [0.5, 0.6) is 0 Å². The molecule has 0 amide bonds. The number of hydrogen-bond donors (Lipinski definition) is 1. The number of fused-ring (bicyclic) bond motifs is 1. The van der Waals surface area contributed by atoms with Crippen molar-refractivity contribution in [3.8, 4) is 0 Å². The standard InChI is InChI=1S/C17H28N4/c1-20-9-10-21(2)14(12-20)11-16(18)15-7-3-5-13-6-4-8-19-17(13)15/h4,6,8,14-16H,3,5,7,9-12,18H2,1-2H3. The summed E-state index contributed by atoms with van der Waals surface area (Å²) in [5.41, 5.74) is 9.30. The van der Waals surface area contributed by atoms with Gasteiger partial charge in [-0.15, -0.1) is 0 Å². The van der Waals surface area contributed by atoms with Crippen molar-refractivity contribution in [3.63, 3.8) is 0 Å². The first kappa shape index (κ1) is 14.9. The maximum atomic E-state index is 6.62. The maximum absolute atomic E-state index is 6.62. The molecule has 3 unspecified atom stereocenters. The van der Waals surface area contributed by atoms with Crippen molar-refractivity contribution in [2.24, 2.45) is 5.73 Å². The fraction of sp³-hybridized carbons (Fsp3) is 0.706. The SMILES string of the molecule is CN1CCN(C)C(CC(N)C2CCCc3cccnc32)C1. The Morgan fingerprint density at radius 1 is 1.38 bits per heavy atom. The van der Waals surface area contributed by atoms with Crippen molar-refractivity contribution in [3.05, 3.63) is 29.6 Å². The normalized spacial score (nSPS) is 29.1. The highest BCUT2D eigenvalue weighted by atomic mass is 15.3. The molecule has 0 saturated carbocycles. The van der Waals surface area contributed by atoms with Crippen molar-refractivity contribution >= 4 is 0 Å². The lowest BCUT2D eigenvalue weighted by Crippen LogP contribution is -2.52. The summed E-state index contributed by atoms with van der Waals surface area (Å²) in [7, 11) is 4.44. The molecule has 0 radical (unpaired) electrons. The molecule has 4 nitrogen and oxygen atoms in total. The predicted octanol–water partition coefficient (Wildman–Crippen LogP) is 1.46. The van der Waals surface area contributed by atoms with E-state index in [1.165, 1.54) is 30.5 Å². The van der Waals surface area contributed by atoms with Crippen LogP contribution in [0.25, 0.3) is 0 Å². The van der Waals surface area contributed by atoms with E-state index in [0.29, 0.717) is 12.0 Å². The third kappa shape index (κ3) is 3.28. The molecule has 3 rings (SSSR count). The first-order chi connectivity index (χ1) is 10.1. The van der Waals surface area contributed by atoms with E-state index >= 15 is 0 Å². The largest absolute Gasteiger partial charge is 0.327 e. The molecular weight excluding hydrogens is 260 g/mol. The third-order valence-corrected chi connectivity index (χ3v) is 5.28. The Morgan fingerprint density at radius 2 is 2.24 bits per heavy atom. The Bertz CT molecular complexity index is 476. The number of piperazine rings is 1. The van der Waals surface area contributed by atoms with Gasteiger partial charge in [0, 0.05) is 49.5 Å². The van der Waals surface area contributed by atoms with Gasteiger partial charge in [0.05, 0.1) is 0 Å². The highest BCUT2D eigenvalue weighted by Gasteiger charge is 2.31. The molecule has 2 N–H and O–H groups in total. The first-order valence-electron chi connectivity index (χ1n) is 8.23. The van der Waals surface area contributed by atoms with Crippen molar-refractivity contribution < 1.29 is 0 Å². The second-order valence-electron chi connectivity index (χ2n) is 6.84. The number of aryl methyl sites for hydroxylation is 1. The Hall–Kier alpha value is -0.970. The Balaban J connectivity index is 1.70. The second kappa shape index (κ2) is 6.42. The number of pyridine rings is 1. The molecule has 2 aliphatic rings. The molecule has 4 heteroatoms. The van der Waals surface area contributed by atoms with E-state index in [1.54, 1.807) is 0 Å². The molecule has 0 aromatic carbocycles. The molecule has 21 heavy (non-hydrogen) atoms. The van der Waals surface area contributed by atoms with Crippen LogP contribution < -0.4 is 5.73 Å². The van der Waals surface area contributed by atoms with Crippen LogP contribution in [0.3, 0.4) is 0 Å². The lowest BCUT2D eigenvalue weighted by Gasteiger charge is -2.40. The van der Waals surface area contributed by atoms with Gasteiger partial charge in [-0.1, -0.05) is 6.07 Å². The van der Waals surface area contributed by atoms with Crippen LogP contribution in [0.1, 0.15) is 36.4 Å². The molecule has 1 fully saturated rings. The van der Waals surface area contributed by atoms with Crippen LogP contribution in [0.2, 0.25) is 0 Å². The summed E-state index contributed by atoms with van der Waals surface area (Å²) in [6.07, 6.45) is 6.60. The molecule has 0 spiro atoms. The van der Waals surface area contributed by atoms with Crippen molar-refractivity contribution in [1.82, 2.24) is 14.8 Å². The molecule has 2 heterocycles. The van der Waals surface area contributed by atoms with E-state index in [9.17, 15) is 0 Å². The molecule has 1 aromatic heterocycles. The van der Waals surface area contributed by atoms with Crippen molar-refractivity contribution in [2.45, 2.75) is 43.7 Å². The van der Waals surface area contributed by atoms with Crippen molar-refractivity contribution in [1.29, 1.82) is 0 Å². The zero-order valence-electron chi connectivity index (χ0n) is 13.3. The molecule has 1 aliphatic heterocycles. The van der Waals surface area contributed by atoms with E-state index in [2.05, 4.69) is 41.0 Å². The average molecular weight is 288 g/mol. The summed E-state index contributed by atoms with van der Waals surface area (Å²) < 4.78 is 0. The summed E-state index contributed by atoms with van der Waals surface area (Å²) >= 11 is 0. The Labute approximate surface area is 128 Å². The lowest BCUT2D eigenvalue weighted by molar-refractivity contribution is 0.101. The molecule has 3 atom stereocenters. The van der Waals surface area contributed by atoms with E-state index in [4.69, 9.17) is 5.73 Å². The highest BCUT2D eigenvalue weighted by Crippen LogP contribution is 2.33. The fourth-order valence-corrected chi connectivity index (χ4v) is 3.90. The number of hydrogen-bond acceptors (Lipinski definition) is 4. The van der Waals surface area contributed by atoms with Crippen LogP contribution in [-0.2, 0) is 6.42 Å². The summed E-state index contributed by atoms with van der Waals surface area (Å²) in [5, 5.41) is 0. The van der Waals surface area contributed by atoms with Crippen LogP contribution in [-0.4, -0.2) is 60.6 Å². The van der Waals surface area contributed by atoms with Crippen LogP contribution >= 0.6 is 0 Å². The smallest absolute Gasteiger partial charge is 0.0481 e. The lowest BCUT2D eigenvalue weighted by atomic mass is 9.80. The number of rotatable bonds is 3. The summed E-state index contributed by atoms with van der Waals surface area (Å²) in [6, 6.07) is 5.07. The summed E-state index contributed by atoms with van der Waals surface area (Å²) in [5.74, 6) is 0.440. The first-order valence-corrected chi connectivity index (χ1v) is 8.23. The van der Waals surface area contributed by atoms with E-state index in [-0.39, 0.29) is 6.04 Å². The van der Waals surface area contributed by atoms with Gasteiger partial charge in [0.15, 0.2) is 0 Å². The molecule has 116 valence electrons. The van der Waals surface area contributed by atoms with Crippen LogP contribution in [0.15, 0.2) is 18.3 Å². The minimum Gasteiger partial charge on any atom is -0.327 e. The highest BCUT2D eigenvalue weighted by molar-refractivity contribution is 5.27. The molecule has 1 aliphatic carbocycles. The zero-order valence-corrected chi connectivity index (χ0v) is 13.3. The van der Waals surface area contributed by atoms with E-state index in [1.807, 2.05) is 6.20 Å². The monoisotopic (exact) mass is 288 g/mol. The van der Waals surface area contributed by atoms with Gasteiger partial charge in [-0.25, -0.2) is 0 Å². The van der Waals surface area contributed by atoms with Gasteiger partial charge < -0.3 is 15.5 Å². The van der Waals surface area contributed by atoms with Gasteiger partial charge in [0.25, 0.3) is 0 Å². The van der Waals surface area contributed by atoms with Gasteiger partial charge in [0.1, 0.15) is 0 Å². The minimum absolute atomic E-state index is 0.220. The molecule has 1 saturated heterocycles. The van der Waals surface area contributed by atoms with Gasteiger partial charge in [0.2, 0.25) is 0 Å². The summed E-state index contributed by atoms with van der Waals surface area (Å²) in [6.45, 7) is 3.44. The summed E-state index contributed by atoms with van der Waals surface area (Å²) in [4.78, 5) is 9.54. The number of nitrogens with two attached hydrogens (primary N) is 1. The van der Waals surface area contributed by atoms with Gasteiger partial charge in [-0.2, -0.15) is 0 Å². The molecule has 0 bridgehead atoms. The predicted molar refractivity (Wildman–Crippen MR) is 86.4 cm³/mol. The topological polar surface area (TPSA) is 45.4 Å². The Morgan fingerprint density at radius 3 is 3.10 bits per heavy atom. The third-order valence-electron chi connectivity index (χ3n) is 5.28. The molecule has 1 aromatic rings. The van der Waals surface area contributed by atoms with Gasteiger partial charge >= 0.3 is 0 Å². The number of likely N-dealkylation sites (N-methyl/N-ethyl adjacent to an activating group) is 2. The van der Waals surface area contributed by atoms with Gasteiger partial charge in [-0.3, -0.25) is 4.98 Å². The fourth-order valence-electron chi connectivity index (χ4n) is 3.90. The minimum atomic E-state index is 0.220. The van der Waals surface area contributed by atoms with Crippen molar-refractivity contribution in [2.75, 3.05) is 33.7 Å². The second-order valence-corrected chi connectivity index (χ2v) is 6.84.